The molecule has 3 rings (SSSR count). The van der Waals surface area contributed by atoms with Crippen molar-refractivity contribution >= 4 is 26.5 Å². The summed E-state index contributed by atoms with van der Waals surface area (Å²) in [5.41, 5.74) is 8.44. The van der Waals surface area contributed by atoms with Gasteiger partial charge >= 0.3 is 0 Å². The van der Waals surface area contributed by atoms with Gasteiger partial charge in [0.15, 0.2) is 5.13 Å². The van der Waals surface area contributed by atoms with Crippen LogP contribution in [0.5, 0.6) is 0 Å². The molecule has 1 aliphatic rings. The maximum atomic E-state index is 12.4. The van der Waals surface area contributed by atoms with Crippen molar-refractivity contribution in [1.82, 2.24) is 4.98 Å². The Morgan fingerprint density at radius 1 is 1.43 bits per heavy atom. The molecule has 0 saturated heterocycles. The van der Waals surface area contributed by atoms with Crippen molar-refractivity contribution in [2.24, 2.45) is 5.73 Å². The predicted octanol–water partition coefficient (Wildman–Crippen LogP) is 2.59. The van der Waals surface area contributed by atoms with Gasteiger partial charge in [0.25, 0.3) is 10.0 Å². The van der Waals surface area contributed by atoms with E-state index < -0.39 is 10.0 Å². The number of benzene rings is 1. The standard InChI is InChI=1S/C14H17N3O2S2/c1-9-2-5-12(6-11(9)7-15)21(18,19)17-14-16-13(8-20-14)10-3-4-10/h2,5-6,8,10H,3-4,7,15H2,1H3,(H,16,17). The zero-order valence-electron chi connectivity index (χ0n) is 11.7. The van der Waals surface area contributed by atoms with Gasteiger partial charge in [0.1, 0.15) is 0 Å². The van der Waals surface area contributed by atoms with Gasteiger partial charge < -0.3 is 5.73 Å². The number of rotatable bonds is 5. The second-order valence-electron chi connectivity index (χ2n) is 5.25. The lowest BCUT2D eigenvalue weighted by molar-refractivity contribution is 0.601. The molecule has 0 radical (unpaired) electrons. The summed E-state index contributed by atoms with van der Waals surface area (Å²) in [4.78, 5) is 4.57. The molecule has 1 aliphatic carbocycles. The number of sulfonamides is 1. The van der Waals surface area contributed by atoms with Crippen molar-refractivity contribution in [3.05, 3.63) is 40.4 Å². The van der Waals surface area contributed by atoms with Crippen molar-refractivity contribution in [2.75, 3.05) is 4.72 Å². The molecule has 3 N–H and O–H groups in total. The Kier molecular flexibility index (Phi) is 3.73. The molecule has 112 valence electrons. The van der Waals surface area contributed by atoms with Crippen LogP contribution in [0.15, 0.2) is 28.5 Å². The lowest BCUT2D eigenvalue weighted by atomic mass is 10.1. The zero-order chi connectivity index (χ0) is 15.0. The van der Waals surface area contributed by atoms with Gasteiger partial charge in [0.2, 0.25) is 0 Å². The molecule has 0 unspecified atom stereocenters. The van der Waals surface area contributed by atoms with E-state index in [2.05, 4.69) is 9.71 Å². The van der Waals surface area contributed by atoms with Gasteiger partial charge in [-0.15, -0.1) is 11.3 Å². The Labute approximate surface area is 128 Å². The highest BCUT2D eigenvalue weighted by atomic mass is 32.2. The number of nitrogens with two attached hydrogens (primary N) is 1. The SMILES string of the molecule is Cc1ccc(S(=O)(=O)Nc2nc(C3CC3)cs2)cc1CN. The molecule has 0 amide bonds. The van der Waals surface area contributed by atoms with Crippen molar-refractivity contribution < 1.29 is 8.42 Å². The monoisotopic (exact) mass is 323 g/mol. The first-order chi connectivity index (χ1) is 9.99. The van der Waals surface area contributed by atoms with Gasteiger partial charge in [0.05, 0.1) is 10.6 Å². The fraction of sp³-hybridized carbons (Fsp3) is 0.357. The Morgan fingerprint density at radius 3 is 2.86 bits per heavy atom. The molecule has 5 nitrogen and oxygen atoms in total. The number of nitrogens with one attached hydrogen (secondary N) is 1. The minimum absolute atomic E-state index is 0.219. The van der Waals surface area contributed by atoms with Crippen LogP contribution in [-0.4, -0.2) is 13.4 Å². The van der Waals surface area contributed by atoms with E-state index in [0.29, 0.717) is 17.6 Å². The summed E-state index contributed by atoms with van der Waals surface area (Å²) >= 11 is 1.33. The number of aromatic nitrogens is 1. The van der Waals surface area contributed by atoms with E-state index in [4.69, 9.17) is 5.73 Å². The molecular formula is C14H17N3O2S2. The van der Waals surface area contributed by atoms with Crippen LogP contribution in [0.25, 0.3) is 0 Å². The predicted molar refractivity (Wildman–Crippen MR) is 84.0 cm³/mol. The molecule has 1 aromatic heterocycles. The topological polar surface area (TPSA) is 85.1 Å². The summed E-state index contributed by atoms with van der Waals surface area (Å²) in [5.74, 6) is 0.516. The summed E-state index contributed by atoms with van der Waals surface area (Å²) in [5, 5.41) is 2.35. The largest absolute Gasteiger partial charge is 0.326 e. The molecule has 0 atom stereocenters. The lowest BCUT2D eigenvalue weighted by Gasteiger charge is -2.08. The summed E-state index contributed by atoms with van der Waals surface area (Å²) in [6.45, 7) is 2.23. The highest BCUT2D eigenvalue weighted by molar-refractivity contribution is 7.93. The van der Waals surface area contributed by atoms with Crippen molar-refractivity contribution in [3.8, 4) is 0 Å². The van der Waals surface area contributed by atoms with Gasteiger partial charge in [0, 0.05) is 17.8 Å². The van der Waals surface area contributed by atoms with Crippen LogP contribution in [-0.2, 0) is 16.6 Å². The Hall–Kier alpha value is -1.44. The molecule has 2 aromatic rings. The Morgan fingerprint density at radius 2 is 2.19 bits per heavy atom. The van der Waals surface area contributed by atoms with Crippen molar-refractivity contribution in [3.63, 3.8) is 0 Å². The number of hydrogen-bond donors (Lipinski definition) is 2. The van der Waals surface area contributed by atoms with E-state index in [1.54, 1.807) is 18.2 Å². The highest BCUT2D eigenvalue weighted by Crippen LogP contribution is 2.41. The molecule has 1 aromatic carbocycles. The van der Waals surface area contributed by atoms with E-state index in [1.807, 2.05) is 12.3 Å². The van der Waals surface area contributed by atoms with Crippen LogP contribution in [0, 0.1) is 6.92 Å². The van der Waals surface area contributed by atoms with Crippen LogP contribution in [0.3, 0.4) is 0 Å². The second-order valence-corrected chi connectivity index (χ2v) is 7.79. The van der Waals surface area contributed by atoms with E-state index in [9.17, 15) is 8.42 Å². The summed E-state index contributed by atoms with van der Waals surface area (Å²) in [6.07, 6.45) is 2.29. The highest BCUT2D eigenvalue weighted by Gasteiger charge is 2.27. The first kappa shape index (κ1) is 14.5. The van der Waals surface area contributed by atoms with Gasteiger partial charge in [-0.25, -0.2) is 13.4 Å². The molecule has 1 heterocycles. The second kappa shape index (κ2) is 5.40. The van der Waals surface area contributed by atoms with Gasteiger partial charge in [-0.3, -0.25) is 4.72 Å². The van der Waals surface area contributed by atoms with Crippen LogP contribution in [0.1, 0.15) is 35.6 Å². The Bertz CT molecular complexity index is 764. The van der Waals surface area contributed by atoms with Crippen molar-refractivity contribution in [2.45, 2.75) is 37.1 Å². The Balaban J connectivity index is 1.85. The normalized spacial score (nSPS) is 15.1. The van der Waals surface area contributed by atoms with E-state index in [0.717, 1.165) is 29.7 Å². The van der Waals surface area contributed by atoms with E-state index >= 15 is 0 Å². The van der Waals surface area contributed by atoms with Crippen LogP contribution >= 0.6 is 11.3 Å². The fourth-order valence-electron chi connectivity index (χ4n) is 2.11. The van der Waals surface area contributed by atoms with Crippen LogP contribution in [0.4, 0.5) is 5.13 Å². The smallest absolute Gasteiger partial charge is 0.263 e. The molecule has 0 bridgehead atoms. The maximum Gasteiger partial charge on any atom is 0.263 e. The summed E-state index contributed by atoms with van der Waals surface area (Å²) < 4.78 is 27.3. The quantitative estimate of drug-likeness (QED) is 0.885. The van der Waals surface area contributed by atoms with E-state index in [-0.39, 0.29) is 4.90 Å². The molecule has 1 fully saturated rings. The minimum Gasteiger partial charge on any atom is -0.326 e. The molecule has 1 saturated carbocycles. The maximum absolute atomic E-state index is 12.4. The molecule has 0 spiro atoms. The van der Waals surface area contributed by atoms with E-state index in [1.165, 1.54) is 11.3 Å². The average molecular weight is 323 g/mol. The summed E-state index contributed by atoms with van der Waals surface area (Å²) in [6, 6.07) is 4.98. The first-order valence-electron chi connectivity index (χ1n) is 6.77. The van der Waals surface area contributed by atoms with Gasteiger partial charge in [-0.05, 0) is 43.0 Å². The number of anilines is 1. The molecule has 0 aliphatic heterocycles. The first-order valence-corrected chi connectivity index (χ1v) is 9.14. The van der Waals surface area contributed by atoms with Crippen LogP contribution in [0.2, 0.25) is 0 Å². The zero-order valence-corrected chi connectivity index (χ0v) is 13.3. The number of hydrogen-bond acceptors (Lipinski definition) is 5. The number of thiazole rings is 1. The van der Waals surface area contributed by atoms with Gasteiger partial charge in [-0.1, -0.05) is 6.07 Å². The number of nitrogens with zero attached hydrogens (tertiary/aromatic N) is 1. The third-order valence-electron chi connectivity index (χ3n) is 3.59. The van der Waals surface area contributed by atoms with Gasteiger partial charge in [-0.2, -0.15) is 0 Å². The van der Waals surface area contributed by atoms with Crippen LogP contribution < -0.4 is 10.5 Å². The number of aryl methyl sites for hydroxylation is 1. The summed E-state index contributed by atoms with van der Waals surface area (Å²) in [7, 11) is -3.61. The average Bonchev–Trinajstić information content (AvgIpc) is 3.20. The molecule has 21 heavy (non-hydrogen) atoms. The van der Waals surface area contributed by atoms with Crippen molar-refractivity contribution in [1.29, 1.82) is 0 Å². The third-order valence-corrected chi connectivity index (χ3v) is 5.83. The molecular weight excluding hydrogens is 306 g/mol. The third kappa shape index (κ3) is 3.09. The lowest BCUT2D eigenvalue weighted by Crippen LogP contribution is -2.14. The molecule has 7 heteroatoms. The minimum atomic E-state index is -3.61. The fourth-order valence-corrected chi connectivity index (χ4v) is 4.20.